The van der Waals surface area contributed by atoms with Gasteiger partial charge in [0.2, 0.25) is 0 Å². The molecule has 0 saturated carbocycles. The highest BCUT2D eigenvalue weighted by molar-refractivity contribution is 6.20. The van der Waals surface area contributed by atoms with Gasteiger partial charge in [0.25, 0.3) is 0 Å². The number of furan rings is 1. The number of aromatic nitrogens is 4. The molecule has 0 fully saturated rings. The van der Waals surface area contributed by atoms with E-state index in [0.29, 0.717) is 17.5 Å². The van der Waals surface area contributed by atoms with Gasteiger partial charge in [-0.3, -0.25) is 0 Å². The number of fused-ring (bicyclic) bond motifs is 9. The van der Waals surface area contributed by atoms with Crippen molar-refractivity contribution in [1.29, 1.82) is 0 Å². The summed E-state index contributed by atoms with van der Waals surface area (Å²) in [6.07, 6.45) is 0. The zero-order valence-corrected chi connectivity index (χ0v) is 30.0. The van der Waals surface area contributed by atoms with Crippen LogP contribution in [0.2, 0.25) is 0 Å². The molecule has 0 N–H and O–H groups in total. The Morgan fingerprint density at radius 2 is 0.786 bits per heavy atom. The molecule has 12 rings (SSSR count). The molecule has 0 unspecified atom stereocenters. The first-order chi connectivity index (χ1) is 27.7. The second kappa shape index (κ2) is 11.9. The van der Waals surface area contributed by atoms with Crippen LogP contribution >= 0.6 is 0 Å². The van der Waals surface area contributed by atoms with E-state index in [1.165, 1.54) is 32.3 Å². The minimum Gasteiger partial charge on any atom is -0.456 e. The number of benzene rings is 9. The molecule has 56 heavy (non-hydrogen) atoms. The topological polar surface area (TPSA) is 56.7 Å². The zero-order valence-electron chi connectivity index (χ0n) is 30.0. The van der Waals surface area contributed by atoms with Gasteiger partial charge in [0.05, 0.1) is 22.3 Å². The van der Waals surface area contributed by atoms with Crippen LogP contribution in [0.4, 0.5) is 0 Å². The van der Waals surface area contributed by atoms with E-state index >= 15 is 0 Å². The molecule has 5 heteroatoms. The minimum atomic E-state index is 0.575. The Labute approximate surface area is 320 Å². The van der Waals surface area contributed by atoms with Crippen molar-refractivity contribution in [3.8, 4) is 39.9 Å². The molecule has 0 aliphatic heterocycles. The SMILES string of the molecule is c1ccc(-c2nc(-c3ccccc3)nc(-c3c(-n4c5cc6ccccc6cc5c5cc6ccccc6cc54)ccc4oc5cc6ccccc6cc5c34)n2)cc1. The van der Waals surface area contributed by atoms with Crippen molar-refractivity contribution in [2.24, 2.45) is 0 Å². The van der Waals surface area contributed by atoms with Gasteiger partial charge in [-0.15, -0.1) is 0 Å². The number of nitrogens with zero attached hydrogens (tertiary/aromatic N) is 4. The average molecular weight is 715 g/mol. The Morgan fingerprint density at radius 3 is 1.30 bits per heavy atom. The van der Waals surface area contributed by atoms with Crippen molar-refractivity contribution in [2.45, 2.75) is 0 Å². The highest BCUT2D eigenvalue weighted by Gasteiger charge is 2.25. The van der Waals surface area contributed by atoms with E-state index in [-0.39, 0.29) is 0 Å². The van der Waals surface area contributed by atoms with E-state index in [4.69, 9.17) is 19.4 Å². The summed E-state index contributed by atoms with van der Waals surface area (Å²) >= 11 is 0. The Kier molecular flexibility index (Phi) is 6.56. The van der Waals surface area contributed by atoms with E-state index in [1.807, 2.05) is 36.4 Å². The van der Waals surface area contributed by atoms with Crippen LogP contribution < -0.4 is 0 Å². The monoisotopic (exact) mass is 714 g/mol. The Balaban J connectivity index is 1.28. The molecule has 0 saturated heterocycles. The van der Waals surface area contributed by atoms with Gasteiger partial charge < -0.3 is 8.98 Å². The molecule has 5 nitrogen and oxygen atoms in total. The second-order valence-electron chi connectivity index (χ2n) is 14.4. The molecule has 0 aliphatic carbocycles. The summed E-state index contributed by atoms with van der Waals surface area (Å²) in [7, 11) is 0. The first-order valence-corrected chi connectivity index (χ1v) is 18.8. The van der Waals surface area contributed by atoms with Gasteiger partial charge in [-0.1, -0.05) is 133 Å². The van der Waals surface area contributed by atoms with Crippen LogP contribution in [0.1, 0.15) is 0 Å². The maximum Gasteiger partial charge on any atom is 0.166 e. The van der Waals surface area contributed by atoms with Crippen LogP contribution in [-0.4, -0.2) is 19.5 Å². The third-order valence-corrected chi connectivity index (χ3v) is 11.1. The lowest BCUT2D eigenvalue weighted by atomic mass is 10.0. The summed E-state index contributed by atoms with van der Waals surface area (Å²) in [5.74, 6) is 1.79. The van der Waals surface area contributed by atoms with Gasteiger partial charge in [-0.25, -0.2) is 15.0 Å². The lowest BCUT2D eigenvalue weighted by molar-refractivity contribution is 0.669. The molecular formula is C51H30N4O. The maximum absolute atomic E-state index is 6.73. The van der Waals surface area contributed by atoms with Gasteiger partial charge in [0.15, 0.2) is 17.5 Å². The maximum atomic E-state index is 6.73. The van der Waals surface area contributed by atoms with E-state index in [9.17, 15) is 0 Å². The zero-order chi connectivity index (χ0) is 36.7. The van der Waals surface area contributed by atoms with Crippen LogP contribution in [0.5, 0.6) is 0 Å². The summed E-state index contributed by atoms with van der Waals surface area (Å²) in [5, 5.41) is 11.4. The Morgan fingerprint density at radius 1 is 0.357 bits per heavy atom. The van der Waals surface area contributed by atoms with E-state index in [0.717, 1.165) is 66.1 Å². The third kappa shape index (κ3) is 4.71. The predicted molar refractivity (Wildman–Crippen MR) is 230 cm³/mol. The predicted octanol–water partition coefficient (Wildman–Crippen LogP) is 13.3. The van der Waals surface area contributed by atoms with Crippen molar-refractivity contribution in [3.05, 3.63) is 182 Å². The molecule has 0 atom stereocenters. The average Bonchev–Trinajstić information content (AvgIpc) is 3.77. The van der Waals surface area contributed by atoms with Crippen LogP contribution in [0, 0.1) is 0 Å². The largest absolute Gasteiger partial charge is 0.456 e. The lowest BCUT2D eigenvalue weighted by Crippen LogP contribution is -2.04. The fraction of sp³-hybridized carbons (Fsp3) is 0. The fourth-order valence-corrected chi connectivity index (χ4v) is 8.52. The Bertz CT molecular complexity index is 3380. The van der Waals surface area contributed by atoms with Gasteiger partial charge >= 0.3 is 0 Å². The van der Waals surface area contributed by atoms with E-state index < -0.39 is 0 Å². The normalized spacial score (nSPS) is 11.9. The van der Waals surface area contributed by atoms with E-state index in [2.05, 4.69) is 150 Å². The quantitative estimate of drug-likeness (QED) is 0.182. The van der Waals surface area contributed by atoms with Gasteiger partial charge in [0.1, 0.15) is 11.2 Å². The van der Waals surface area contributed by atoms with E-state index in [1.54, 1.807) is 0 Å². The van der Waals surface area contributed by atoms with Crippen molar-refractivity contribution < 1.29 is 4.42 Å². The van der Waals surface area contributed by atoms with Crippen molar-refractivity contribution >= 4 is 76.1 Å². The van der Waals surface area contributed by atoms with Gasteiger partial charge in [-0.05, 0) is 80.8 Å². The molecule has 12 aromatic rings. The summed E-state index contributed by atoms with van der Waals surface area (Å²) in [6, 6.07) is 64.0. The van der Waals surface area contributed by atoms with Crippen molar-refractivity contribution in [3.63, 3.8) is 0 Å². The summed E-state index contributed by atoms with van der Waals surface area (Å²) in [6.45, 7) is 0. The van der Waals surface area contributed by atoms with Crippen LogP contribution in [0.25, 0.3) is 116 Å². The van der Waals surface area contributed by atoms with Crippen molar-refractivity contribution in [1.82, 2.24) is 19.5 Å². The first kappa shape index (κ1) is 30.8. The van der Waals surface area contributed by atoms with Crippen LogP contribution in [-0.2, 0) is 0 Å². The number of hydrogen-bond acceptors (Lipinski definition) is 4. The summed E-state index contributed by atoms with van der Waals surface area (Å²) in [5.41, 5.74) is 7.48. The van der Waals surface area contributed by atoms with Crippen molar-refractivity contribution in [2.75, 3.05) is 0 Å². The second-order valence-corrected chi connectivity index (χ2v) is 14.4. The molecular weight excluding hydrogens is 685 g/mol. The first-order valence-electron chi connectivity index (χ1n) is 18.8. The fourth-order valence-electron chi connectivity index (χ4n) is 8.52. The number of hydrogen-bond donors (Lipinski definition) is 0. The van der Waals surface area contributed by atoms with Crippen LogP contribution in [0.15, 0.2) is 186 Å². The summed E-state index contributed by atoms with van der Waals surface area (Å²) in [4.78, 5) is 15.8. The minimum absolute atomic E-state index is 0.575. The molecule has 9 aromatic carbocycles. The van der Waals surface area contributed by atoms with Gasteiger partial charge in [-0.2, -0.15) is 0 Å². The smallest absolute Gasteiger partial charge is 0.166 e. The molecule has 0 aliphatic rings. The Hall–Kier alpha value is -7.63. The lowest BCUT2D eigenvalue weighted by Gasteiger charge is -2.16. The molecule has 0 amide bonds. The van der Waals surface area contributed by atoms with Gasteiger partial charge in [0, 0.05) is 32.7 Å². The molecule has 0 radical (unpaired) electrons. The highest BCUT2D eigenvalue weighted by Crippen LogP contribution is 2.45. The molecule has 260 valence electrons. The standard InChI is InChI=1S/C51H30N4O/c1-3-13-31(14-4-1)49-52-50(32-15-5-2-6-16-32)54-51(53-49)48-42(23-24-45-47(48)41-27-35-19-9-12-22-38(35)30-46(41)56-45)55-43-28-36-20-10-7-17-33(36)25-39(43)40-26-34-18-8-11-21-37(34)29-44(40)55/h1-30H. The third-order valence-electron chi connectivity index (χ3n) is 11.1. The number of rotatable bonds is 4. The van der Waals surface area contributed by atoms with Crippen LogP contribution in [0.3, 0.4) is 0 Å². The molecule has 0 spiro atoms. The summed E-state index contributed by atoms with van der Waals surface area (Å²) < 4.78 is 9.14. The molecule has 3 aromatic heterocycles. The molecule has 3 heterocycles. The highest BCUT2D eigenvalue weighted by atomic mass is 16.3. The molecule has 0 bridgehead atoms.